The van der Waals surface area contributed by atoms with Crippen LogP contribution in [0.5, 0.6) is 0 Å². The molecule has 0 amide bonds. The minimum atomic E-state index is 0.791. The van der Waals surface area contributed by atoms with Gasteiger partial charge in [-0.1, -0.05) is 28.1 Å². The van der Waals surface area contributed by atoms with E-state index in [9.17, 15) is 0 Å². The van der Waals surface area contributed by atoms with Gasteiger partial charge in [0.25, 0.3) is 0 Å². The quantitative estimate of drug-likeness (QED) is 0.896. The lowest BCUT2D eigenvalue weighted by Gasteiger charge is -2.02. The van der Waals surface area contributed by atoms with E-state index >= 15 is 0 Å². The Morgan fingerprint density at radius 1 is 1.33 bits per heavy atom. The summed E-state index contributed by atoms with van der Waals surface area (Å²) in [5.74, 6) is 0. The van der Waals surface area contributed by atoms with Gasteiger partial charge in [-0.05, 0) is 33.6 Å². The number of anilines is 1. The van der Waals surface area contributed by atoms with Crippen LogP contribution in [0.1, 0.15) is 5.56 Å². The van der Waals surface area contributed by atoms with Crippen LogP contribution in [0, 0.1) is 0 Å². The van der Waals surface area contributed by atoms with Crippen molar-refractivity contribution in [3.8, 4) is 0 Å². The zero-order chi connectivity index (χ0) is 10.7. The second-order valence-corrected chi connectivity index (χ2v) is 5.55. The van der Waals surface area contributed by atoms with Gasteiger partial charge in [-0.25, -0.2) is 4.98 Å². The molecule has 78 valence electrons. The van der Waals surface area contributed by atoms with Crippen LogP contribution < -0.4 is 5.32 Å². The van der Waals surface area contributed by atoms with Crippen LogP contribution in [-0.4, -0.2) is 4.98 Å². The van der Waals surface area contributed by atoms with Crippen molar-refractivity contribution >= 4 is 48.3 Å². The van der Waals surface area contributed by atoms with Gasteiger partial charge >= 0.3 is 0 Å². The molecule has 15 heavy (non-hydrogen) atoms. The molecule has 1 aromatic heterocycles. The summed E-state index contributed by atoms with van der Waals surface area (Å²) in [4.78, 5) is 4.26. The number of nitrogens with zero attached hydrogens (tertiary/aromatic N) is 1. The fraction of sp³-hybridized carbons (Fsp3) is 0.100. The predicted octanol–water partition coefficient (Wildman–Crippen LogP) is 4.28. The standard InChI is InChI=1S/C10H8Br2N2S/c11-8-3-1-2-7(4-8)5-13-10-14-9(12)6-15-10/h1-4,6H,5H2,(H,13,14). The molecule has 2 aromatic rings. The first-order valence-corrected chi connectivity index (χ1v) is 6.80. The number of hydrogen-bond donors (Lipinski definition) is 1. The van der Waals surface area contributed by atoms with Gasteiger partial charge in [0.2, 0.25) is 0 Å². The van der Waals surface area contributed by atoms with E-state index in [-0.39, 0.29) is 0 Å². The molecule has 0 atom stereocenters. The molecule has 0 saturated carbocycles. The molecule has 0 radical (unpaired) electrons. The van der Waals surface area contributed by atoms with Crippen LogP contribution in [0.3, 0.4) is 0 Å². The monoisotopic (exact) mass is 346 g/mol. The zero-order valence-electron chi connectivity index (χ0n) is 7.71. The summed E-state index contributed by atoms with van der Waals surface area (Å²) >= 11 is 8.36. The highest BCUT2D eigenvalue weighted by Gasteiger charge is 1.99. The molecule has 5 heteroatoms. The average molecular weight is 348 g/mol. The van der Waals surface area contributed by atoms with Crippen LogP contribution in [-0.2, 0) is 6.54 Å². The predicted molar refractivity (Wildman–Crippen MR) is 71.3 cm³/mol. The fourth-order valence-electron chi connectivity index (χ4n) is 1.16. The summed E-state index contributed by atoms with van der Waals surface area (Å²) in [6.07, 6.45) is 0. The number of benzene rings is 1. The van der Waals surface area contributed by atoms with Crippen molar-refractivity contribution in [1.82, 2.24) is 4.98 Å². The Morgan fingerprint density at radius 3 is 2.87 bits per heavy atom. The Labute approximate surface area is 109 Å². The normalized spacial score (nSPS) is 10.3. The Hall–Kier alpha value is -0.390. The Bertz CT molecular complexity index is 456. The van der Waals surface area contributed by atoms with Crippen LogP contribution in [0.2, 0.25) is 0 Å². The van der Waals surface area contributed by atoms with Crippen molar-refractivity contribution in [2.45, 2.75) is 6.54 Å². The van der Waals surface area contributed by atoms with Crippen molar-refractivity contribution in [3.63, 3.8) is 0 Å². The van der Waals surface area contributed by atoms with Crippen molar-refractivity contribution in [2.24, 2.45) is 0 Å². The summed E-state index contributed by atoms with van der Waals surface area (Å²) < 4.78 is 1.98. The summed E-state index contributed by atoms with van der Waals surface area (Å²) in [6.45, 7) is 0.791. The van der Waals surface area contributed by atoms with Crippen LogP contribution in [0.25, 0.3) is 0 Å². The maximum atomic E-state index is 4.26. The van der Waals surface area contributed by atoms with Gasteiger partial charge in [-0.2, -0.15) is 0 Å². The van der Waals surface area contributed by atoms with Crippen molar-refractivity contribution in [1.29, 1.82) is 0 Å². The second kappa shape index (κ2) is 5.09. The highest BCUT2D eigenvalue weighted by molar-refractivity contribution is 9.10. The number of nitrogens with one attached hydrogen (secondary N) is 1. The average Bonchev–Trinajstić information content (AvgIpc) is 2.62. The molecule has 0 spiro atoms. The van der Waals surface area contributed by atoms with Gasteiger partial charge in [0.1, 0.15) is 4.60 Å². The smallest absolute Gasteiger partial charge is 0.184 e. The van der Waals surface area contributed by atoms with E-state index in [2.05, 4.69) is 54.3 Å². The molecular formula is C10H8Br2N2S. The fourth-order valence-corrected chi connectivity index (χ4v) is 2.75. The van der Waals surface area contributed by atoms with Crippen LogP contribution in [0.4, 0.5) is 5.13 Å². The van der Waals surface area contributed by atoms with Gasteiger partial charge in [0, 0.05) is 16.4 Å². The number of rotatable bonds is 3. The first-order valence-electron chi connectivity index (χ1n) is 4.33. The van der Waals surface area contributed by atoms with E-state index in [1.54, 1.807) is 11.3 Å². The van der Waals surface area contributed by atoms with Gasteiger partial charge in [0.15, 0.2) is 5.13 Å². The van der Waals surface area contributed by atoms with E-state index in [0.29, 0.717) is 0 Å². The summed E-state index contributed by atoms with van der Waals surface area (Å²) in [5.41, 5.74) is 1.23. The molecule has 0 saturated heterocycles. The van der Waals surface area contributed by atoms with Gasteiger partial charge in [-0.3, -0.25) is 0 Å². The van der Waals surface area contributed by atoms with Crippen molar-refractivity contribution in [2.75, 3.05) is 5.32 Å². The van der Waals surface area contributed by atoms with E-state index in [4.69, 9.17) is 0 Å². The molecule has 1 aromatic carbocycles. The molecule has 0 aliphatic carbocycles. The maximum Gasteiger partial charge on any atom is 0.184 e. The number of aromatic nitrogens is 1. The summed E-state index contributed by atoms with van der Waals surface area (Å²) in [6, 6.07) is 8.22. The van der Waals surface area contributed by atoms with Crippen LogP contribution in [0.15, 0.2) is 38.7 Å². The summed E-state index contributed by atoms with van der Waals surface area (Å²) in [7, 11) is 0. The Balaban J connectivity index is 1.99. The molecule has 1 heterocycles. The number of halogens is 2. The molecule has 2 rings (SSSR count). The molecule has 0 aliphatic rings. The third kappa shape index (κ3) is 3.29. The molecule has 2 nitrogen and oxygen atoms in total. The Kier molecular flexibility index (Phi) is 3.77. The molecule has 1 N–H and O–H groups in total. The first kappa shape index (κ1) is 11.1. The van der Waals surface area contributed by atoms with E-state index < -0.39 is 0 Å². The second-order valence-electron chi connectivity index (χ2n) is 2.96. The lowest BCUT2D eigenvalue weighted by molar-refractivity contribution is 1.13. The lowest BCUT2D eigenvalue weighted by atomic mass is 10.2. The SMILES string of the molecule is Brc1cccc(CNc2nc(Br)cs2)c1. The molecule has 0 unspecified atom stereocenters. The third-order valence-corrected chi connectivity index (χ3v) is 3.81. The van der Waals surface area contributed by atoms with Gasteiger partial charge in [0.05, 0.1) is 0 Å². The lowest BCUT2D eigenvalue weighted by Crippen LogP contribution is -1.98. The third-order valence-electron chi connectivity index (χ3n) is 1.81. The van der Waals surface area contributed by atoms with E-state index in [1.165, 1.54) is 5.56 Å². The van der Waals surface area contributed by atoms with Gasteiger partial charge < -0.3 is 5.32 Å². The largest absolute Gasteiger partial charge is 0.357 e. The Morgan fingerprint density at radius 2 is 2.20 bits per heavy atom. The minimum Gasteiger partial charge on any atom is -0.357 e. The zero-order valence-corrected chi connectivity index (χ0v) is 11.7. The van der Waals surface area contributed by atoms with Gasteiger partial charge in [-0.15, -0.1) is 11.3 Å². The first-order chi connectivity index (χ1) is 7.24. The molecule has 0 aliphatic heterocycles. The number of thiazole rings is 1. The van der Waals surface area contributed by atoms with Crippen LogP contribution >= 0.6 is 43.2 Å². The maximum absolute atomic E-state index is 4.26. The highest BCUT2D eigenvalue weighted by atomic mass is 79.9. The van der Waals surface area contributed by atoms with Crippen molar-refractivity contribution < 1.29 is 0 Å². The number of hydrogen-bond acceptors (Lipinski definition) is 3. The van der Waals surface area contributed by atoms with E-state index in [1.807, 2.05) is 17.5 Å². The minimum absolute atomic E-state index is 0.791. The van der Waals surface area contributed by atoms with E-state index in [0.717, 1.165) is 20.8 Å². The summed E-state index contributed by atoms with van der Waals surface area (Å²) in [5, 5.41) is 6.16. The molecule has 0 fully saturated rings. The van der Waals surface area contributed by atoms with Crippen molar-refractivity contribution in [3.05, 3.63) is 44.3 Å². The highest BCUT2D eigenvalue weighted by Crippen LogP contribution is 2.20. The topological polar surface area (TPSA) is 24.9 Å². The molecular weight excluding hydrogens is 340 g/mol. The molecule has 0 bridgehead atoms.